The molecule has 102 valence electrons. The minimum absolute atomic E-state index is 0.140. The molecule has 0 fully saturated rings. The molecule has 1 aromatic rings. The molecule has 0 saturated heterocycles. The van der Waals surface area contributed by atoms with Crippen molar-refractivity contribution in [2.24, 2.45) is 0 Å². The molecule has 0 atom stereocenters. The van der Waals surface area contributed by atoms with Gasteiger partial charge in [-0.15, -0.1) is 0 Å². The Labute approximate surface area is 110 Å². The molecule has 1 N–H and O–H groups in total. The Kier molecular flexibility index (Phi) is 4.93. The quantitative estimate of drug-likeness (QED) is 0.836. The van der Waals surface area contributed by atoms with Gasteiger partial charge in [0, 0.05) is 0 Å². The second kappa shape index (κ2) is 5.85. The van der Waals surface area contributed by atoms with Gasteiger partial charge < -0.3 is 0 Å². The molecule has 0 aromatic heterocycles. The molecule has 3 nitrogen and oxygen atoms in total. The lowest BCUT2D eigenvalue weighted by Crippen LogP contribution is -2.12. The van der Waals surface area contributed by atoms with E-state index in [4.69, 9.17) is 0 Å². The Morgan fingerprint density at radius 3 is 1.72 bits per heavy atom. The summed E-state index contributed by atoms with van der Waals surface area (Å²) in [6.07, 6.45) is 2.91. The summed E-state index contributed by atoms with van der Waals surface area (Å²) < 4.78 is 32.7. The van der Waals surface area contributed by atoms with Crippen LogP contribution in [0.1, 0.15) is 49.9 Å². The van der Waals surface area contributed by atoms with Gasteiger partial charge >= 0.3 is 0 Å². The zero-order valence-corrected chi connectivity index (χ0v) is 12.4. The number of aryl methyl sites for hydroxylation is 2. The highest BCUT2D eigenvalue weighted by Crippen LogP contribution is 2.29. The second-order valence-corrected chi connectivity index (χ2v) is 5.73. The molecule has 1 rings (SSSR count). The number of benzene rings is 1. The normalized spacial score (nSPS) is 11.8. The maximum atomic E-state index is 11.6. The van der Waals surface area contributed by atoms with Gasteiger partial charge in [-0.2, -0.15) is 8.42 Å². The van der Waals surface area contributed by atoms with E-state index in [9.17, 15) is 13.0 Å². The topological polar surface area (TPSA) is 54.4 Å². The van der Waals surface area contributed by atoms with Gasteiger partial charge in [0.05, 0.1) is 0 Å². The summed E-state index contributed by atoms with van der Waals surface area (Å²) in [4.78, 5) is 0.140. The first-order valence-corrected chi connectivity index (χ1v) is 7.98. The number of hydrogen-bond acceptors (Lipinski definition) is 2. The predicted molar refractivity (Wildman–Crippen MR) is 73.8 cm³/mol. The van der Waals surface area contributed by atoms with Crippen molar-refractivity contribution in [3.63, 3.8) is 0 Å². The molecule has 18 heavy (non-hydrogen) atoms. The summed E-state index contributed by atoms with van der Waals surface area (Å²) in [5.74, 6) is 0. The number of hydrogen-bond donors (Lipinski definition) is 1. The van der Waals surface area contributed by atoms with Gasteiger partial charge in [-0.1, -0.05) is 33.8 Å². The van der Waals surface area contributed by atoms with E-state index >= 15 is 0 Å². The summed E-state index contributed by atoms with van der Waals surface area (Å²) in [6.45, 7) is 7.93. The fourth-order valence-electron chi connectivity index (χ4n) is 2.60. The molecule has 0 unspecified atom stereocenters. The van der Waals surface area contributed by atoms with Crippen LogP contribution in [-0.4, -0.2) is 13.0 Å². The lowest BCUT2D eigenvalue weighted by Gasteiger charge is -2.18. The van der Waals surface area contributed by atoms with E-state index in [1.54, 1.807) is 0 Å². The SMILES string of the molecule is CCc1cc(CC)c(S(=O)(=O)O)c(CC)c1CC. The van der Waals surface area contributed by atoms with Crippen LogP contribution in [0.4, 0.5) is 0 Å². The van der Waals surface area contributed by atoms with Crippen molar-refractivity contribution in [3.05, 3.63) is 28.3 Å². The van der Waals surface area contributed by atoms with Crippen molar-refractivity contribution in [2.45, 2.75) is 58.3 Å². The van der Waals surface area contributed by atoms with Crippen LogP contribution in [0.15, 0.2) is 11.0 Å². The van der Waals surface area contributed by atoms with E-state index in [2.05, 4.69) is 6.92 Å². The van der Waals surface area contributed by atoms with Crippen molar-refractivity contribution < 1.29 is 13.0 Å². The van der Waals surface area contributed by atoms with E-state index in [-0.39, 0.29) is 4.90 Å². The maximum absolute atomic E-state index is 11.6. The Hall–Kier alpha value is -0.870. The minimum atomic E-state index is -4.15. The summed E-state index contributed by atoms with van der Waals surface area (Å²) >= 11 is 0. The van der Waals surface area contributed by atoms with Gasteiger partial charge in [0.15, 0.2) is 0 Å². The van der Waals surface area contributed by atoms with Crippen molar-refractivity contribution in [2.75, 3.05) is 0 Å². The van der Waals surface area contributed by atoms with Gasteiger partial charge in [-0.05, 0) is 47.9 Å². The van der Waals surface area contributed by atoms with Crippen LogP contribution >= 0.6 is 0 Å². The summed E-state index contributed by atoms with van der Waals surface area (Å²) in [5.41, 5.74) is 3.78. The van der Waals surface area contributed by atoms with Gasteiger partial charge in [-0.25, -0.2) is 0 Å². The van der Waals surface area contributed by atoms with Crippen LogP contribution < -0.4 is 0 Å². The zero-order chi connectivity index (χ0) is 13.9. The third kappa shape index (κ3) is 2.75. The molecule has 0 saturated carbocycles. The summed E-state index contributed by atoms with van der Waals surface area (Å²) in [6, 6.07) is 1.93. The fourth-order valence-corrected chi connectivity index (χ4v) is 3.71. The van der Waals surface area contributed by atoms with Crippen LogP contribution in [0.25, 0.3) is 0 Å². The number of rotatable bonds is 5. The molecular weight excluding hydrogens is 248 g/mol. The fraction of sp³-hybridized carbons (Fsp3) is 0.571. The van der Waals surface area contributed by atoms with E-state index in [1.165, 1.54) is 5.56 Å². The zero-order valence-electron chi connectivity index (χ0n) is 11.6. The molecule has 0 bridgehead atoms. The molecular formula is C14H22O3S. The third-order valence-corrected chi connectivity index (χ3v) is 4.42. The minimum Gasteiger partial charge on any atom is -0.282 e. The molecule has 1 aromatic carbocycles. The molecule has 0 radical (unpaired) electrons. The lowest BCUT2D eigenvalue weighted by atomic mass is 9.92. The van der Waals surface area contributed by atoms with Crippen LogP contribution in [-0.2, 0) is 35.8 Å². The first-order valence-electron chi connectivity index (χ1n) is 6.54. The Bertz CT molecular complexity index is 530. The molecule has 0 aliphatic carbocycles. The van der Waals surface area contributed by atoms with Crippen molar-refractivity contribution in [3.8, 4) is 0 Å². The summed E-state index contributed by atoms with van der Waals surface area (Å²) in [5, 5.41) is 0. The van der Waals surface area contributed by atoms with Crippen molar-refractivity contribution in [1.82, 2.24) is 0 Å². The smallest absolute Gasteiger partial charge is 0.282 e. The molecule has 0 aliphatic heterocycles. The van der Waals surface area contributed by atoms with Crippen LogP contribution in [0.3, 0.4) is 0 Å². The third-order valence-electron chi connectivity index (χ3n) is 3.39. The average molecular weight is 270 g/mol. The largest absolute Gasteiger partial charge is 0.295 e. The van der Waals surface area contributed by atoms with Crippen LogP contribution in [0, 0.1) is 0 Å². The lowest BCUT2D eigenvalue weighted by molar-refractivity contribution is 0.480. The van der Waals surface area contributed by atoms with E-state index in [1.807, 2.05) is 26.8 Å². The highest BCUT2D eigenvalue weighted by atomic mass is 32.2. The second-order valence-electron chi connectivity index (χ2n) is 4.37. The molecule has 4 heteroatoms. The van der Waals surface area contributed by atoms with Gasteiger partial charge in [0.25, 0.3) is 10.1 Å². The highest BCUT2D eigenvalue weighted by Gasteiger charge is 2.22. The van der Waals surface area contributed by atoms with Crippen LogP contribution in [0.2, 0.25) is 0 Å². The first kappa shape index (κ1) is 15.2. The van der Waals surface area contributed by atoms with Gasteiger partial charge in [0.1, 0.15) is 4.90 Å². The van der Waals surface area contributed by atoms with Crippen LogP contribution in [0.5, 0.6) is 0 Å². The molecule has 0 aliphatic rings. The van der Waals surface area contributed by atoms with Crippen molar-refractivity contribution in [1.29, 1.82) is 0 Å². The Morgan fingerprint density at radius 2 is 1.39 bits per heavy atom. The molecule has 0 heterocycles. The Morgan fingerprint density at radius 1 is 0.889 bits per heavy atom. The summed E-state index contributed by atoms with van der Waals surface area (Å²) in [7, 11) is -4.15. The maximum Gasteiger partial charge on any atom is 0.295 e. The van der Waals surface area contributed by atoms with E-state index in [0.29, 0.717) is 12.8 Å². The first-order chi connectivity index (χ1) is 8.40. The molecule has 0 amide bonds. The highest BCUT2D eigenvalue weighted by molar-refractivity contribution is 7.86. The standard InChI is InChI=1S/C14H22O3S/c1-5-10-9-11(6-2)14(18(15,16)17)13(8-4)12(10)7-3/h9H,5-8H2,1-4H3,(H,15,16,17). The van der Waals surface area contributed by atoms with Gasteiger partial charge in [0.2, 0.25) is 0 Å². The predicted octanol–water partition coefficient (Wildman–Crippen LogP) is 3.18. The molecule has 0 spiro atoms. The Balaban J connectivity index is 3.78. The van der Waals surface area contributed by atoms with Crippen molar-refractivity contribution >= 4 is 10.1 Å². The monoisotopic (exact) mass is 270 g/mol. The van der Waals surface area contributed by atoms with E-state index in [0.717, 1.165) is 29.5 Å². The van der Waals surface area contributed by atoms with Gasteiger partial charge in [-0.3, -0.25) is 4.55 Å². The van der Waals surface area contributed by atoms with E-state index < -0.39 is 10.1 Å². The average Bonchev–Trinajstić information content (AvgIpc) is 2.34.